The Morgan fingerprint density at radius 3 is 2.36 bits per heavy atom. The predicted molar refractivity (Wildman–Crippen MR) is 41.0 cm³/mol. The summed E-state index contributed by atoms with van der Waals surface area (Å²) in [6.45, 7) is 5.63. The Bertz CT molecular complexity index is 144. The van der Waals surface area contributed by atoms with Gasteiger partial charge in [0, 0.05) is 6.42 Å². The van der Waals surface area contributed by atoms with E-state index in [1.54, 1.807) is 6.92 Å². The second kappa shape index (κ2) is 2.73. The van der Waals surface area contributed by atoms with E-state index in [2.05, 4.69) is 0 Å². The maximum atomic E-state index is 9.59. The second-order valence-electron chi connectivity index (χ2n) is 3.93. The first-order valence-electron chi connectivity index (χ1n) is 3.95. The van der Waals surface area contributed by atoms with Crippen LogP contribution in [-0.4, -0.2) is 28.7 Å². The number of aliphatic hydroxyl groups is 2. The Morgan fingerprint density at radius 2 is 1.91 bits per heavy atom. The van der Waals surface area contributed by atoms with Gasteiger partial charge < -0.3 is 14.9 Å². The van der Waals surface area contributed by atoms with Crippen LogP contribution in [0.1, 0.15) is 27.2 Å². The van der Waals surface area contributed by atoms with E-state index in [0.29, 0.717) is 6.42 Å². The monoisotopic (exact) mass is 160 g/mol. The van der Waals surface area contributed by atoms with Gasteiger partial charge in [0.2, 0.25) is 0 Å². The van der Waals surface area contributed by atoms with Crippen LogP contribution in [0, 0.1) is 5.41 Å². The molecule has 1 aliphatic heterocycles. The molecule has 1 aliphatic rings. The molecule has 1 fully saturated rings. The summed E-state index contributed by atoms with van der Waals surface area (Å²) in [4.78, 5) is 0. The smallest absolute Gasteiger partial charge is 0.155 e. The van der Waals surface area contributed by atoms with E-state index in [1.165, 1.54) is 0 Å². The van der Waals surface area contributed by atoms with Crippen molar-refractivity contribution in [3.8, 4) is 0 Å². The summed E-state index contributed by atoms with van der Waals surface area (Å²) in [5.41, 5.74) is -0.239. The van der Waals surface area contributed by atoms with Crippen molar-refractivity contribution in [2.45, 2.75) is 45.7 Å². The molecule has 3 atom stereocenters. The summed E-state index contributed by atoms with van der Waals surface area (Å²) < 4.78 is 5.04. The van der Waals surface area contributed by atoms with Crippen molar-refractivity contribution < 1.29 is 14.9 Å². The van der Waals surface area contributed by atoms with Crippen molar-refractivity contribution in [3.63, 3.8) is 0 Å². The van der Waals surface area contributed by atoms with Crippen molar-refractivity contribution in [1.82, 2.24) is 0 Å². The SMILES string of the molecule is CC1O[C@@H](O)CC(C)(C)[C@H]1O. The molecule has 1 unspecified atom stereocenters. The minimum atomic E-state index is -0.719. The first kappa shape index (κ1) is 8.97. The maximum absolute atomic E-state index is 9.59. The highest BCUT2D eigenvalue weighted by molar-refractivity contribution is 4.86. The third-order valence-electron chi connectivity index (χ3n) is 2.32. The highest BCUT2D eigenvalue weighted by Gasteiger charge is 2.40. The molecule has 2 N–H and O–H groups in total. The van der Waals surface area contributed by atoms with Crippen LogP contribution in [0.3, 0.4) is 0 Å². The minimum absolute atomic E-state index is 0.239. The molecule has 0 bridgehead atoms. The lowest BCUT2D eigenvalue weighted by Gasteiger charge is -2.41. The van der Waals surface area contributed by atoms with Gasteiger partial charge in [-0.1, -0.05) is 13.8 Å². The predicted octanol–water partition coefficient (Wildman–Crippen LogP) is 0.501. The molecule has 0 aromatic carbocycles. The van der Waals surface area contributed by atoms with E-state index in [4.69, 9.17) is 4.74 Å². The summed E-state index contributed by atoms with van der Waals surface area (Å²) in [5, 5.41) is 18.8. The van der Waals surface area contributed by atoms with E-state index in [-0.39, 0.29) is 11.5 Å². The molecule has 0 aliphatic carbocycles. The Hall–Kier alpha value is -0.120. The summed E-state index contributed by atoms with van der Waals surface area (Å²) >= 11 is 0. The largest absolute Gasteiger partial charge is 0.390 e. The van der Waals surface area contributed by atoms with Crippen LogP contribution in [0.2, 0.25) is 0 Å². The lowest BCUT2D eigenvalue weighted by Crippen LogP contribution is -2.48. The molecule has 0 spiro atoms. The van der Waals surface area contributed by atoms with E-state index in [1.807, 2.05) is 13.8 Å². The van der Waals surface area contributed by atoms with Gasteiger partial charge in [-0.15, -0.1) is 0 Å². The zero-order valence-electron chi connectivity index (χ0n) is 7.24. The van der Waals surface area contributed by atoms with Crippen LogP contribution >= 0.6 is 0 Å². The summed E-state index contributed by atoms with van der Waals surface area (Å²) in [7, 11) is 0. The van der Waals surface area contributed by atoms with Crippen LogP contribution in [-0.2, 0) is 4.74 Å². The third kappa shape index (κ3) is 1.72. The van der Waals surface area contributed by atoms with E-state index < -0.39 is 12.4 Å². The molecule has 3 heteroatoms. The van der Waals surface area contributed by atoms with E-state index >= 15 is 0 Å². The number of ether oxygens (including phenoxy) is 1. The molecular weight excluding hydrogens is 144 g/mol. The van der Waals surface area contributed by atoms with Gasteiger partial charge >= 0.3 is 0 Å². The maximum Gasteiger partial charge on any atom is 0.155 e. The zero-order valence-corrected chi connectivity index (χ0v) is 7.24. The fourth-order valence-electron chi connectivity index (χ4n) is 1.58. The highest BCUT2D eigenvalue weighted by atomic mass is 16.6. The average molecular weight is 160 g/mol. The first-order valence-corrected chi connectivity index (χ1v) is 3.95. The molecule has 1 saturated heterocycles. The molecule has 0 radical (unpaired) electrons. The lowest BCUT2D eigenvalue weighted by molar-refractivity contribution is -0.232. The molecule has 0 amide bonds. The molecule has 11 heavy (non-hydrogen) atoms. The highest BCUT2D eigenvalue weighted by Crippen LogP contribution is 2.34. The van der Waals surface area contributed by atoms with Gasteiger partial charge in [0.05, 0.1) is 12.2 Å². The quantitative estimate of drug-likeness (QED) is 0.542. The van der Waals surface area contributed by atoms with Crippen molar-refractivity contribution in [3.05, 3.63) is 0 Å². The zero-order chi connectivity index (χ0) is 8.65. The van der Waals surface area contributed by atoms with Gasteiger partial charge in [-0.25, -0.2) is 0 Å². The van der Waals surface area contributed by atoms with Crippen LogP contribution < -0.4 is 0 Å². The molecule has 66 valence electrons. The third-order valence-corrected chi connectivity index (χ3v) is 2.32. The van der Waals surface area contributed by atoms with Gasteiger partial charge in [-0.3, -0.25) is 0 Å². The Labute approximate surface area is 67.0 Å². The fourth-order valence-corrected chi connectivity index (χ4v) is 1.58. The van der Waals surface area contributed by atoms with Gasteiger partial charge in [0.25, 0.3) is 0 Å². The van der Waals surface area contributed by atoms with Crippen molar-refractivity contribution in [2.24, 2.45) is 5.41 Å². The Balaban J connectivity index is 2.67. The number of rotatable bonds is 0. The summed E-state index contributed by atoms with van der Waals surface area (Å²) in [5.74, 6) is 0. The minimum Gasteiger partial charge on any atom is -0.390 e. The van der Waals surface area contributed by atoms with Crippen LogP contribution in [0.4, 0.5) is 0 Å². The Kier molecular flexibility index (Phi) is 2.23. The normalized spacial score (nSPS) is 43.9. The molecular formula is C8H16O3. The van der Waals surface area contributed by atoms with Gasteiger partial charge in [0.15, 0.2) is 6.29 Å². The number of hydrogen-bond donors (Lipinski definition) is 2. The van der Waals surface area contributed by atoms with Crippen molar-refractivity contribution in [1.29, 1.82) is 0 Å². The molecule has 1 rings (SSSR count). The molecule has 0 aromatic rings. The topological polar surface area (TPSA) is 49.7 Å². The molecule has 3 nitrogen and oxygen atoms in total. The summed E-state index contributed by atoms with van der Waals surface area (Å²) in [6.07, 6.45) is -0.971. The van der Waals surface area contributed by atoms with Crippen molar-refractivity contribution >= 4 is 0 Å². The number of aliphatic hydroxyl groups excluding tert-OH is 2. The lowest BCUT2D eigenvalue weighted by atomic mass is 9.79. The molecule has 1 heterocycles. The average Bonchev–Trinajstić information content (AvgIpc) is 1.81. The van der Waals surface area contributed by atoms with Crippen LogP contribution in [0.15, 0.2) is 0 Å². The van der Waals surface area contributed by atoms with Gasteiger partial charge in [-0.05, 0) is 12.3 Å². The van der Waals surface area contributed by atoms with Crippen LogP contribution in [0.25, 0.3) is 0 Å². The standard InChI is InChI=1S/C8H16O3/c1-5-7(10)8(2,3)4-6(9)11-5/h5-7,9-10H,4H2,1-3H3/t5?,6-,7+/m1/s1. The molecule has 0 saturated carbocycles. The molecule has 0 aromatic heterocycles. The van der Waals surface area contributed by atoms with E-state index in [0.717, 1.165) is 0 Å². The van der Waals surface area contributed by atoms with Crippen LogP contribution in [0.5, 0.6) is 0 Å². The van der Waals surface area contributed by atoms with E-state index in [9.17, 15) is 10.2 Å². The number of hydrogen-bond acceptors (Lipinski definition) is 3. The summed E-state index contributed by atoms with van der Waals surface area (Å²) in [6, 6.07) is 0. The fraction of sp³-hybridized carbons (Fsp3) is 1.00. The van der Waals surface area contributed by atoms with Gasteiger partial charge in [0.1, 0.15) is 0 Å². The Morgan fingerprint density at radius 1 is 1.36 bits per heavy atom. The van der Waals surface area contributed by atoms with Crippen molar-refractivity contribution in [2.75, 3.05) is 0 Å². The first-order chi connectivity index (χ1) is 4.93. The van der Waals surface area contributed by atoms with Gasteiger partial charge in [-0.2, -0.15) is 0 Å². The second-order valence-corrected chi connectivity index (χ2v) is 3.93.